The van der Waals surface area contributed by atoms with Crippen LogP contribution in [-0.2, 0) is 13.0 Å². The molecule has 0 atom stereocenters. The lowest BCUT2D eigenvalue weighted by atomic mass is 10.3. The fourth-order valence-corrected chi connectivity index (χ4v) is 1.35. The van der Waals surface area contributed by atoms with Gasteiger partial charge in [0.25, 0.3) is 0 Å². The Bertz CT molecular complexity index is 240. The Balaban J connectivity index is 2.80. The fraction of sp³-hybridized carbons (Fsp3) is 0.778. The van der Waals surface area contributed by atoms with Crippen molar-refractivity contribution in [1.82, 2.24) is 14.8 Å². The number of aryl methyl sites for hydroxylation is 2. The van der Waals surface area contributed by atoms with Crippen LogP contribution in [0.5, 0.6) is 0 Å². The summed E-state index contributed by atoms with van der Waals surface area (Å²) in [6.07, 6.45) is 3.33. The predicted molar refractivity (Wildman–Crippen MR) is 49.0 cm³/mol. The lowest BCUT2D eigenvalue weighted by molar-refractivity contribution is 0.616. The number of hydrogen-bond donors (Lipinski definition) is 0. The van der Waals surface area contributed by atoms with Gasteiger partial charge in [-0.1, -0.05) is 13.8 Å². The molecule has 0 radical (unpaired) electrons. The van der Waals surface area contributed by atoms with Gasteiger partial charge in [-0.25, -0.2) is 0 Å². The second kappa shape index (κ2) is 4.24. The van der Waals surface area contributed by atoms with Crippen molar-refractivity contribution in [2.45, 2.75) is 46.6 Å². The number of rotatable bonds is 4. The highest BCUT2D eigenvalue weighted by molar-refractivity contribution is 4.93. The Morgan fingerprint density at radius 3 is 2.50 bits per heavy atom. The second-order valence-corrected chi connectivity index (χ2v) is 3.07. The Kier molecular flexibility index (Phi) is 3.26. The molecule has 3 nitrogen and oxygen atoms in total. The van der Waals surface area contributed by atoms with Gasteiger partial charge in [0.15, 0.2) is 0 Å². The zero-order valence-corrected chi connectivity index (χ0v) is 8.17. The summed E-state index contributed by atoms with van der Waals surface area (Å²) in [7, 11) is 0. The first-order valence-corrected chi connectivity index (χ1v) is 4.68. The molecule has 0 bridgehead atoms. The van der Waals surface area contributed by atoms with Gasteiger partial charge in [-0.2, -0.15) is 0 Å². The van der Waals surface area contributed by atoms with Gasteiger partial charge in [0, 0.05) is 13.0 Å². The molecule has 1 aromatic heterocycles. The molecule has 0 amide bonds. The average Bonchev–Trinajstić information content (AvgIpc) is 2.37. The first-order valence-electron chi connectivity index (χ1n) is 4.68. The fourth-order valence-electron chi connectivity index (χ4n) is 1.35. The second-order valence-electron chi connectivity index (χ2n) is 3.07. The van der Waals surface area contributed by atoms with Crippen molar-refractivity contribution >= 4 is 0 Å². The Morgan fingerprint density at radius 1 is 1.17 bits per heavy atom. The molecule has 0 saturated carbocycles. The van der Waals surface area contributed by atoms with Gasteiger partial charge in [0.1, 0.15) is 11.6 Å². The molecule has 0 aliphatic carbocycles. The smallest absolute Gasteiger partial charge is 0.132 e. The predicted octanol–water partition coefficient (Wildman–Crippen LogP) is 1.95. The SMILES string of the molecule is CCCc1nnc(C)n1CCC. The first kappa shape index (κ1) is 9.23. The molecule has 3 heteroatoms. The van der Waals surface area contributed by atoms with Crippen LogP contribution in [0.4, 0.5) is 0 Å². The van der Waals surface area contributed by atoms with Gasteiger partial charge in [0.05, 0.1) is 0 Å². The zero-order valence-electron chi connectivity index (χ0n) is 8.17. The van der Waals surface area contributed by atoms with Crippen LogP contribution in [0.15, 0.2) is 0 Å². The molecule has 12 heavy (non-hydrogen) atoms. The lowest BCUT2D eigenvalue weighted by Gasteiger charge is -2.04. The summed E-state index contributed by atoms with van der Waals surface area (Å²) >= 11 is 0. The monoisotopic (exact) mass is 167 g/mol. The van der Waals surface area contributed by atoms with Crippen molar-refractivity contribution in [3.63, 3.8) is 0 Å². The quantitative estimate of drug-likeness (QED) is 0.686. The largest absolute Gasteiger partial charge is 0.315 e. The van der Waals surface area contributed by atoms with Crippen LogP contribution in [0.25, 0.3) is 0 Å². The van der Waals surface area contributed by atoms with Crippen LogP contribution < -0.4 is 0 Å². The molecule has 0 aliphatic heterocycles. The van der Waals surface area contributed by atoms with E-state index in [-0.39, 0.29) is 0 Å². The van der Waals surface area contributed by atoms with Crippen molar-refractivity contribution in [1.29, 1.82) is 0 Å². The van der Waals surface area contributed by atoms with Crippen molar-refractivity contribution in [2.24, 2.45) is 0 Å². The number of aromatic nitrogens is 3. The highest BCUT2D eigenvalue weighted by Crippen LogP contribution is 2.04. The van der Waals surface area contributed by atoms with Crippen LogP contribution in [0.3, 0.4) is 0 Å². The van der Waals surface area contributed by atoms with Gasteiger partial charge in [0.2, 0.25) is 0 Å². The number of hydrogen-bond acceptors (Lipinski definition) is 2. The summed E-state index contributed by atoms with van der Waals surface area (Å²) in [6.45, 7) is 7.41. The maximum absolute atomic E-state index is 4.14. The molecule has 0 fully saturated rings. The summed E-state index contributed by atoms with van der Waals surface area (Å²) in [5.74, 6) is 2.18. The van der Waals surface area contributed by atoms with E-state index in [1.807, 2.05) is 6.92 Å². The van der Waals surface area contributed by atoms with E-state index in [0.717, 1.165) is 37.5 Å². The average molecular weight is 167 g/mol. The minimum atomic E-state index is 1.04. The minimum Gasteiger partial charge on any atom is -0.315 e. The van der Waals surface area contributed by atoms with Gasteiger partial charge < -0.3 is 4.57 Å². The topological polar surface area (TPSA) is 30.7 Å². The normalized spacial score (nSPS) is 10.6. The van der Waals surface area contributed by atoms with E-state index < -0.39 is 0 Å². The van der Waals surface area contributed by atoms with E-state index in [4.69, 9.17) is 0 Å². The lowest BCUT2D eigenvalue weighted by Crippen LogP contribution is -2.04. The van der Waals surface area contributed by atoms with Crippen molar-refractivity contribution in [2.75, 3.05) is 0 Å². The molecule has 1 rings (SSSR count). The van der Waals surface area contributed by atoms with Crippen LogP contribution >= 0.6 is 0 Å². The Hall–Kier alpha value is -0.860. The summed E-state index contributed by atoms with van der Waals surface area (Å²) in [5.41, 5.74) is 0. The molecule has 1 aromatic rings. The molecule has 0 aliphatic rings. The van der Waals surface area contributed by atoms with E-state index >= 15 is 0 Å². The van der Waals surface area contributed by atoms with E-state index in [1.54, 1.807) is 0 Å². The summed E-state index contributed by atoms with van der Waals surface area (Å²) in [4.78, 5) is 0. The molecule has 0 N–H and O–H groups in total. The third-order valence-corrected chi connectivity index (χ3v) is 1.93. The van der Waals surface area contributed by atoms with E-state index in [9.17, 15) is 0 Å². The van der Waals surface area contributed by atoms with Crippen LogP contribution in [0, 0.1) is 6.92 Å². The Labute approximate surface area is 73.8 Å². The summed E-state index contributed by atoms with van der Waals surface area (Å²) in [6, 6.07) is 0. The standard InChI is InChI=1S/C9H17N3/c1-4-6-9-11-10-8(3)12(9)7-5-2/h4-7H2,1-3H3. The molecular weight excluding hydrogens is 150 g/mol. The van der Waals surface area contributed by atoms with Gasteiger partial charge >= 0.3 is 0 Å². The van der Waals surface area contributed by atoms with Crippen LogP contribution in [0.2, 0.25) is 0 Å². The van der Waals surface area contributed by atoms with Crippen LogP contribution in [0.1, 0.15) is 38.3 Å². The summed E-state index contributed by atoms with van der Waals surface area (Å²) in [5, 5.41) is 8.20. The zero-order chi connectivity index (χ0) is 8.97. The highest BCUT2D eigenvalue weighted by Gasteiger charge is 2.05. The molecule has 0 spiro atoms. The minimum absolute atomic E-state index is 1.04. The van der Waals surface area contributed by atoms with Crippen LogP contribution in [-0.4, -0.2) is 14.8 Å². The van der Waals surface area contributed by atoms with Crippen molar-refractivity contribution in [3.05, 3.63) is 11.6 Å². The molecule has 68 valence electrons. The van der Waals surface area contributed by atoms with E-state index in [0.29, 0.717) is 0 Å². The molecule has 0 aromatic carbocycles. The molecule has 0 saturated heterocycles. The Morgan fingerprint density at radius 2 is 1.92 bits per heavy atom. The van der Waals surface area contributed by atoms with E-state index in [2.05, 4.69) is 28.6 Å². The van der Waals surface area contributed by atoms with Gasteiger partial charge in [-0.15, -0.1) is 10.2 Å². The van der Waals surface area contributed by atoms with Gasteiger partial charge in [-0.05, 0) is 19.8 Å². The van der Waals surface area contributed by atoms with E-state index in [1.165, 1.54) is 0 Å². The number of nitrogens with zero attached hydrogens (tertiary/aromatic N) is 3. The molecular formula is C9H17N3. The first-order chi connectivity index (χ1) is 5.79. The summed E-state index contributed by atoms with van der Waals surface area (Å²) < 4.78 is 2.21. The maximum atomic E-state index is 4.14. The molecule has 1 heterocycles. The van der Waals surface area contributed by atoms with Crippen molar-refractivity contribution in [3.8, 4) is 0 Å². The third kappa shape index (κ3) is 1.84. The van der Waals surface area contributed by atoms with Gasteiger partial charge in [-0.3, -0.25) is 0 Å². The highest BCUT2D eigenvalue weighted by atomic mass is 15.3. The molecule has 0 unspecified atom stereocenters. The maximum Gasteiger partial charge on any atom is 0.132 e. The van der Waals surface area contributed by atoms with Crippen molar-refractivity contribution < 1.29 is 0 Å². The third-order valence-electron chi connectivity index (χ3n) is 1.93.